The Hall–Kier alpha value is -2.73. The molecule has 6 nitrogen and oxygen atoms in total. The number of halogens is 1. The molecule has 0 aromatic heterocycles. The Morgan fingerprint density at radius 1 is 1.12 bits per heavy atom. The van der Waals surface area contributed by atoms with Crippen molar-refractivity contribution in [3.63, 3.8) is 0 Å². The fraction of sp³-hybridized carbons (Fsp3) is 0.222. The number of aldehydes is 1. The van der Waals surface area contributed by atoms with Crippen molar-refractivity contribution < 1.29 is 19.0 Å². The Bertz CT molecular complexity index is 760. The fourth-order valence-corrected chi connectivity index (χ4v) is 2.30. The minimum absolute atomic E-state index is 0.0774. The maximum Gasteiger partial charge on any atom is 0.408 e. The summed E-state index contributed by atoms with van der Waals surface area (Å²) in [5.74, 6) is 1.33. The van der Waals surface area contributed by atoms with E-state index in [0.29, 0.717) is 28.5 Å². The summed E-state index contributed by atoms with van der Waals surface area (Å²) in [5.41, 5.74) is 0.683. The van der Waals surface area contributed by atoms with Crippen molar-refractivity contribution in [3.8, 4) is 11.5 Å². The molecule has 0 fully saturated rings. The predicted octanol–water partition coefficient (Wildman–Crippen LogP) is 4.19. The molecule has 1 aliphatic heterocycles. The lowest BCUT2D eigenvalue weighted by atomic mass is 10.3. The van der Waals surface area contributed by atoms with Crippen LogP contribution in [-0.4, -0.2) is 24.7 Å². The van der Waals surface area contributed by atoms with Crippen LogP contribution in [0, 0.1) is 0 Å². The second kappa shape index (κ2) is 7.44. The standard InChI is InChI=1S/C18H17ClN2O4/c1-12(2)23-18-20-21(17(11-22)25-18)14-5-9-16(10-6-14)24-15-7-3-13(19)4-8-15/h3-12,17H,1-2H3. The van der Waals surface area contributed by atoms with Gasteiger partial charge in [-0.15, -0.1) is 0 Å². The molecule has 130 valence electrons. The first-order chi connectivity index (χ1) is 12.0. The number of hydrogen-bond acceptors (Lipinski definition) is 6. The zero-order chi connectivity index (χ0) is 17.8. The summed E-state index contributed by atoms with van der Waals surface area (Å²) in [7, 11) is 0. The topological polar surface area (TPSA) is 60.4 Å². The number of ether oxygens (including phenoxy) is 3. The van der Waals surface area contributed by atoms with E-state index in [9.17, 15) is 4.79 Å². The van der Waals surface area contributed by atoms with Crippen molar-refractivity contribution >= 4 is 29.7 Å². The molecule has 0 spiro atoms. The summed E-state index contributed by atoms with van der Waals surface area (Å²) in [6, 6.07) is 14.2. The van der Waals surface area contributed by atoms with Gasteiger partial charge in [0, 0.05) is 5.02 Å². The molecular weight excluding hydrogens is 344 g/mol. The maximum atomic E-state index is 11.2. The van der Waals surface area contributed by atoms with Crippen LogP contribution in [-0.2, 0) is 14.3 Å². The van der Waals surface area contributed by atoms with E-state index in [2.05, 4.69) is 5.10 Å². The van der Waals surface area contributed by atoms with Crippen LogP contribution >= 0.6 is 11.6 Å². The van der Waals surface area contributed by atoms with Gasteiger partial charge >= 0.3 is 6.08 Å². The molecule has 1 aliphatic rings. The predicted molar refractivity (Wildman–Crippen MR) is 95.0 cm³/mol. The molecule has 0 bridgehead atoms. The molecule has 2 aromatic carbocycles. The van der Waals surface area contributed by atoms with E-state index in [1.54, 1.807) is 48.5 Å². The van der Waals surface area contributed by atoms with Crippen LogP contribution < -0.4 is 9.75 Å². The molecule has 0 radical (unpaired) electrons. The number of nitrogens with zero attached hydrogens (tertiary/aromatic N) is 2. The van der Waals surface area contributed by atoms with Crippen molar-refractivity contribution in [1.29, 1.82) is 0 Å². The molecule has 1 unspecified atom stereocenters. The highest BCUT2D eigenvalue weighted by Crippen LogP contribution is 2.28. The normalized spacial score (nSPS) is 16.4. The van der Waals surface area contributed by atoms with Crippen molar-refractivity contribution in [1.82, 2.24) is 0 Å². The van der Waals surface area contributed by atoms with Crippen LogP contribution in [0.3, 0.4) is 0 Å². The summed E-state index contributed by atoms with van der Waals surface area (Å²) >= 11 is 5.85. The van der Waals surface area contributed by atoms with E-state index in [-0.39, 0.29) is 12.2 Å². The third-order valence-electron chi connectivity index (χ3n) is 3.26. The van der Waals surface area contributed by atoms with Gasteiger partial charge in [-0.3, -0.25) is 4.79 Å². The molecule has 0 aliphatic carbocycles. The van der Waals surface area contributed by atoms with E-state index in [4.69, 9.17) is 25.8 Å². The highest BCUT2D eigenvalue weighted by molar-refractivity contribution is 6.30. The maximum absolute atomic E-state index is 11.2. The lowest BCUT2D eigenvalue weighted by Crippen LogP contribution is -2.29. The number of anilines is 1. The molecule has 2 aromatic rings. The molecule has 1 atom stereocenters. The Balaban J connectivity index is 1.73. The van der Waals surface area contributed by atoms with Crippen molar-refractivity contribution in [2.75, 3.05) is 5.01 Å². The van der Waals surface area contributed by atoms with E-state index < -0.39 is 6.23 Å². The fourth-order valence-electron chi connectivity index (χ4n) is 2.17. The van der Waals surface area contributed by atoms with Gasteiger partial charge in [-0.05, 0) is 62.4 Å². The average Bonchev–Trinajstić information content (AvgIpc) is 3.00. The van der Waals surface area contributed by atoms with Crippen molar-refractivity contribution in [3.05, 3.63) is 53.6 Å². The molecule has 0 saturated heterocycles. The van der Waals surface area contributed by atoms with Crippen LogP contribution in [0.25, 0.3) is 0 Å². The Kier molecular flexibility index (Phi) is 5.09. The first-order valence-corrected chi connectivity index (χ1v) is 8.13. The van der Waals surface area contributed by atoms with Crippen molar-refractivity contribution in [2.45, 2.75) is 26.2 Å². The van der Waals surface area contributed by atoms with E-state index in [1.165, 1.54) is 5.01 Å². The van der Waals surface area contributed by atoms with Gasteiger partial charge in [0.1, 0.15) is 11.5 Å². The summed E-state index contributed by atoms with van der Waals surface area (Å²) in [5, 5.41) is 6.30. The lowest BCUT2D eigenvalue weighted by molar-refractivity contribution is -0.114. The Morgan fingerprint density at radius 3 is 2.28 bits per heavy atom. The SMILES string of the molecule is CC(C)OC1=NN(c2ccc(Oc3ccc(Cl)cc3)cc2)C(C=O)O1. The van der Waals surface area contributed by atoms with Crippen LogP contribution in [0.4, 0.5) is 5.69 Å². The number of carbonyl (C=O) groups is 1. The van der Waals surface area contributed by atoms with Gasteiger partial charge in [0.05, 0.1) is 11.8 Å². The number of carbonyl (C=O) groups excluding carboxylic acids is 1. The monoisotopic (exact) mass is 360 g/mol. The van der Waals surface area contributed by atoms with Crippen LogP contribution in [0.5, 0.6) is 11.5 Å². The van der Waals surface area contributed by atoms with E-state index in [0.717, 1.165) is 0 Å². The quantitative estimate of drug-likeness (QED) is 0.748. The van der Waals surface area contributed by atoms with Gasteiger partial charge in [-0.2, -0.15) is 0 Å². The molecule has 25 heavy (non-hydrogen) atoms. The Labute approximate surface area is 150 Å². The number of hydrazone groups is 1. The zero-order valence-corrected chi connectivity index (χ0v) is 14.5. The van der Waals surface area contributed by atoms with Gasteiger partial charge in [0.25, 0.3) is 6.23 Å². The van der Waals surface area contributed by atoms with E-state index >= 15 is 0 Å². The minimum atomic E-state index is -0.850. The molecule has 0 saturated carbocycles. The molecule has 0 N–H and O–H groups in total. The number of hydrogen-bond donors (Lipinski definition) is 0. The second-order valence-electron chi connectivity index (χ2n) is 5.57. The van der Waals surface area contributed by atoms with Crippen molar-refractivity contribution in [2.24, 2.45) is 5.10 Å². The van der Waals surface area contributed by atoms with Crippen LogP contribution in [0.15, 0.2) is 53.6 Å². The third kappa shape index (κ3) is 4.22. The zero-order valence-electron chi connectivity index (χ0n) is 13.8. The average molecular weight is 361 g/mol. The highest BCUT2D eigenvalue weighted by Gasteiger charge is 2.30. The van der Waals surface area contributed by atoms with Gasteiger partial charge in [0.15, 0.2) is 6.29 Å². The molecule has 3 rings (SSSR count). The summed E-state index contributed by atoms with van der Waals surface area (Å²) in [6.07, 6.45) is -0.204. The number of benzene rings is 2. The van der Waals surface area contributed by atoms with E-state index in [1.807, 2.05) is 13.8 Å². The smallest absolute Gasteiger partial charge is 0.408 e. The summed E-state index contributed by atoms with van der Waals surface area (Å²) in [6.45, 7) is 3.71. The second-order valence-corrected chi connectivity index (χ2v) is 6.01. The highest BCUT2D eigenvalue weighted by atomic mass is 35.5. The Morgan fingerprint density at radius 2 is 1.72 bits per heavy atom. The number of rotatable bonds is 5. The first-order valence-electron chi connectivity index (χ1n) is 7.75. The molecule has 1 heterocycles. The minimum Gasteiger partial charge on any atom is -0.457 e. The van der Waals surface area contributed by atoms with Gasteiger partial charge in [-0.25, -0.2) is 5.01 Å². The molecule has 7 heteroatoms. The molecule has 0 amide bonds. The first kappa shape index (κ1) is 17.1. The summed E-state index contributed by atoms with van der Waals surface area (Å²) in [4.78, 5) is 11.2. The van der Waals surface area contributed by atoms with Gasteiger partial charge in [-0.1, -0.05) is 16.7 Å². The van der Waals surface area contributed by atoms with Crippen LogP contribution in [0.1, 0.15) is 13.8 Å². The van der Waals surface area contributed by atoms with Gasteiger partial charge in [0.2, 0.25) is 0 Å². The van der Waals surface area contributed by atoms with Gasteiger partial charge < -0.3 is 14.2 Å². The third-order valence-corrected chi connectivity index (χ3v) is 3.51. The van der Waals surface area contributed by atoms with Crippen LogP contribution in [0.2, 0.25) is 5.02 Å². The summed E-state index contributed by atoms with van der Waals surface area (Å²) < 4.78 is 16.5. The molecular formula is C18H17ClN2O4. The largest absolute Gasteiger partial charge is 0.457 e. The lowest BCUT2D eigenvalue weighted by Gasteiger charge is -2.17.